The molecule has 74 valence electrons. The summed E-state index contributed by atoms with van der Waals surface area (Å²) < 4.78 is 0. The van der Waals surface area contributed by atoms with Crippen LogP contribution in [0.25, 0.3) is 0 Å². The van der Waals surface area contributed by atoms with Crippen molar-refractivity contribution in [3.05, 3.63) is 0 Å². The van der Waals surface area contributed by atoms with Crippen LogP contribution in [0.1, 0.15) is 6.92 Å². The minimum absolute atomic E-state index is 0.0171. The van der Waals surface area contributed by atoms with Crippen molar-refractivity contribution in [2.75, 3.05) is 31.1 Å². The molecule has 0 aliphatic carbocycles. The van der Waals surface area contributed by atoms with Gasteiger partial charge in [-0.25, -0.2) is 0 Å². The second-order valence-corrected chi connectivity index (χ2v) is 3.59. The van der Waals surface area contributed by atoms with Gasteiger partial charge in [0.25, 0.3) is 0 Å². The van der Waals surface area contributed by atoms with E-state index in [0.717, 1.165) is 24.6 Å². The Labute approximate surface area is 84.0 Å². The fourth-order valence-corrected chi connectivity index (χ4v) is 1.28. The van der Waals surface area contributed by atoms with Crippen molar-refractivity contribution in [1.82, 2.24) is 10.6 Å². The van der Waals surface area contributed by atoms with Gasteiger partial charge in [-0.15, -0.1) is 18.2 Å². The fourth-order valence-electron chi connectivity index (χ4n) is 0.727. The number of rotatable bonds is 7. The summed E-state index contributed by atoms with van der Waals surface area (Å²) in [7, 11) is 0. The Kier molecular flexibility index (Phi) is 8.95. The molecule has 0 bridgehead atoms. The number of hydrogen-bond donors (Lipinski definition) is 2. The molecule has 0 unspecified atom stereocenters. The lowest BCUT2D eigenvalue weighted by Gasteiger charge is -2.03. The normalized spacial score (nSPS) is 9.23. The van der Waals surface area contributed by atoms with E-state index in [4.69, 9.17) is 6.42 Å². The van der Waals surface area contributed by atoms with Gasteiger partial charge < -0.3 is 10.6 Å². The Morgan fingerprint density at radius 1 is 1.46 bits per heavy atom. The summed E-state index contributed by atoms with van der Waals surface area (Å²) in [5.41, 5.74) is 0. The van der Waals surface area contributed by atoms with E-state index in [2.05, 4.69) is 16.6 Å². The summed E-state index contributed by atoms with van der Waals surface area (Å²) >= 11 is 1.73. The molecule has 0 rings (SSSR count). The smallest absolute Gasteiger partial charge is 0.216 e. The Morgan fingerprint density at radius 3 is 2.85 bits per heavy atom. The van der Waals surface area contributed by atoms with E-state index < -0.39 is 0 Å². The zero-order valence-electron chi connectivity index (χ0n) is 7.93. The maximum absolute atomic E-state index is 10.5. The van der Waals surface area contributed by atoms with Crippen molar-refractivity contribution in [3.63, 3.8) is 0 Å². The summed E-state index contributed by atoms with van der Waals surface area (Å²) in [5, 5.41) is 5.90. The number of terminal acetylenes is 1. The van der Waals surface area contributed by atoms with Crippen LogP contribution in [0, 0.1) is 12.3 Å². The molecule has 0 atom stereocenters. The SMILES string of the molecule is C#CCSCCNCCNC(C)=O. The Morgan fingerprint density at radius 2 is 2.23 bits per heavy atom. The molecule has 1 amide bonds. The molecule has 13 heavy (non-hydrogen) atoms. The molecule has 0 aromatic carbocycles. The molecule has 0 fully saturated rings. The molecule has 0 heterocycles. The molecular weight excluding hydrogens is 184 g/mol. The van der Waals surface area contributed by atoms with Crippen LogP contribution in [-0.4, -0.2) is 37.0 Å². The van der Waals surface area contributed by atoms with Crippen LogP contribution >= 0.6 is 11.8 Å². The van der Waals surface area contributed by atoms with Crippen molar-refractivity contribution < 1.29 is 4.79 Å². The van der Waals surface area contributed by atoms with Crippen LogP contribution in [-0.2, 0) is 4.79 Å². The summed E-state index contributed by atoms with van der Waals surface area (Å²) in [6, 6.07) is 0. The molecule has 4 heteroatoms. The summed E-state index contributed by atoms with van der Waals surface area (Å²) in [6.45, 7) is 3.96. The van der Waals surface area contributed by atoms with Gasteiger partial charge in [-0.2, -0.15) is 0 Å². The average molecular weight is 200 g/mol. The van der Waals surface area contributed by atoms with Crippen molar-refractivity contribution in [2.24, 2.45) is 0 Å². The van der Waals surface area contributed by atoms with E-state index in [1.165, 1.54) is 6.92 Å². The summed E-state index contributed by atoms with van der Waals surface area (Å²) in [6.07, 6.45) is 5.09. The fraction of sp³-hybridized carbons (Fsp3) is 0.667. The summed E-state index contributed by atoms with van der Waals surface area (Å²) in [4.78, 5) is 10.5. The topological polar surface area (TPSA) is 41.1 Å². The Hall–Kier alpha value is -0.660. The maximum atomic E-state index is 10.5. The Balaban J connectivity index is 2.92. The highest BCUT2D eigenvalue weighted by molar-refractivity contribution is 7.99. The molecule has 0 spiro atoms. The van der Waals surface area contributed by atoms with Crippen molar-refractivity contribution in [1.29, 1.82) is 0 Å². The van der Waals surface area contributed by atoms with Crippen molar-refractivity contribution >= 4 is 17.7 Å². The van der Waals surface area contributed by atoms with E-state index in [9.17, 15) is 4.79 Å². The second-order valence-electron chi connectivity index (χ2n) is 2.49. The first kappa shape index (κ1) is 12.3. The second kappa shape index (κ2) is 9.43. The molecule has 0 aliphatic rings. The minimum Gasteiger partial charge on any atom is -0.355 e. The largest absolute Gasteiger partial charge is 0.355 e. The third-order valence-corrected chi connectivity index (χ3v) is 2.15. The predicted molar refractivity (Wildman–Crippen MR) is 57.7 cm³/mol. The molecule has 0 saturated heterocycles. The number of amides is 1. The van der Waals surface area contributed by atoms with Crippen LogP contribution < -0.4 is 10.6 Å². The zero-order valence-corrected chi connectivity index (χ0v) is 8.75. The third-order valence-electron chi connectivity index (χ3n) is 1.28. The molecule has 3 nitrogen and oxygen atoms in total. The summed E-state index contributed by atoms with van der Waals surface area (Å²) in [5.74, 6) is 4.37. The Bertz CT molecular complexity index is 177. The maximum Gasteiger partial charge on any atom is 0.216 e. The van der Waals surface area contributed by atoms with E-state index >= 15 is 0 Å². The molecule has 2 N–H and O–H groups in total. The van der Waals surface area contributed by atoms with Gasteiger partial charge in [-0.05, 0) is 0 Å². The highest BCUT2D eigenvalue weighted by Gasteiger charge is 1.90. The molecular formula is C9H16N2OS. The van der Waals surface area contributed by atoms with Crippen LogP contribution in [0.5, 0.6) is 0 Å². The lowest BCUT2D eigenvalue weighted by atomic mass is 10.5. The van der Waals surface area contributed by atoms with Crippen molar-refractivity contribution in [3.8, 4) is 12.3 Å². The highest BCUT2D eigenvalue weighted by atomic mass is 32.2. The molecule has 0 aliphatic heterocycles. The molecule has 0 saturated carbocycles. The van der Waals surface area contributed by atoms with E-state index in [1.54, 1.807) is 11.8 Å². The lowest BCUT2D eigenvalue weighted by Crippen LogP contribution is -2.31. The van der Waals surface area contributed by atoms with Crippen LogP contribution in [0.2, 0.25) is 0 Å². The van der Waals surface area contributed by atoms with E-state index in [0.29, 0.717) is 6.54 Å². The van der Waals surface area contributed by atoms with Gasteiger partial charge in [0.15, 0.2) is 0 Å². The van der Waals surface area contributed by atoms with Crippen LogP contribution in [0.4, 0.5) is 0 Å². The molecule has 0 aromatic rings. The first-order valence-electron chi connectivity index (χ1n) is 4.23. The lowest BCUT2D eigenvalue weighted by molar-refractivity contribution is -0.118. The monoisotopic (exact) mass is 200 g/mol. The molecule has 0 aromatic heterocycles. The number of carbonyl (C=O) groups is 1. The standard InChI is InChI=1S/C9H16N2OS/c1-3-7-13-8-6-10-4-5-11-9(2)12/h1,10H,4-8H2,2H3,(H,11,12). The number of thioether (sulfide) groups is 1. The van der Waals surface area contributed by atoms with Gasteiger partial charge in [0.05, 0.1) is 5.75 Å². The first-order valence-corrected chi connectivity index (χ1v) is 5.39. The average Bonchev–Trinajstić information content (AvgIpc) is 2.09. The number of nitrogens with one attached hydrogen (secondary N) is 2. The highest BCUT2D eigenvalue weighted by Crippen LogP contribution is 1.94. The van der Waals surface area contributed by atoms with Gasteiger partial charge in [-0.3, -0.25) is 4.79 Å². The van der Waals surface area contributed by atoms with Gasteiger partial charge in [0.2, 0.25) is 5.91 Å². The quantitative estimate of drug-likeness (QED) is 0.452. The minimum atomic E-state index is 0.0171. The third kappa shape index (κ3) is 11.3. The van der Waals surface area contributed by atoms with E-state index in [1.807, 2.05) is 0 Å². The predicted octanol–water partition coefficient (Wildman–Crippen LogP) is 0.0785. The van der Waals surface area contributed by atoms with Crippen molar-refractivity contribution in [2.45, 2.75) is 6.92 Å². The number of hydrogen-bond acceptors (Lipinski definition) is 3. The van der Waals surface area contributed by atoms with Gasteiger partial charge in [0.1, 0.15) is 0 Å². The van der Waals surface area contributed by atoms with E-state index in [-0.39, 0.29) is 5.91 Å². The molecule has 0 radical (unpaired) electrons. The van der Waals surface area contributed by atoms with Gasteiger partial charge >= 0.3 is 0 Å². The first-order chi connectivity index (χ1) is 6.27. The van der Waals surface area contributed by atoms with Gasteiger partial charge in [0, 0.05) is 32.3 Å². The number of carbonyl (C=O) groups excluding carboxylic acids is 1. The van der Waals surface area contributed by atoms with Crippen LogP contribution in [0.15, 0.2) is 0 Å². The van der Waals surface area contributed by atoms with Gasteiger partial charge in [-0.1, -0.05) is 5.92 Å². The zero-order chi connectivity index (χ0) is 9.94. The van der Waals surface area contributed by atoms with Crippen LogP contribution in [0.3, 0.4) is 0 Å².